The van der Waals surface area contributed by atoms with Crippen LogP contribution in [0.1, 0.15) is 26.2 Å². The average Bonchev–Trinajstić information content (AvgIpc) is 1.85. The van der Waals surface area contributed by atoms with Gasteiger partial charge in [-0.05, 0) is 19.8 Å². The fourth-order valence-corrected chi connectivity index (χ4v) is 0.639. The van der Waals surface area contributed by atoms with Crippen molar-refractivity contribution in [1.29, 1.82) is 0 Å². The predicted octanol–water partition coefficient (Wildman–Crippen LogP) is 1.18. The lowest BCUT2D eigenvalue weighted by Crippen LogP contribution is -1.97. The van der Waals surface area contributed by atoms with E-state index in [2.05, 4.69) is 0 Å². The predicted molar refractivity (Wildman–Crippen MR) is 42.3 cm³/mol. The van der Waals surface area contributed by atoms with E-state index in [1.807, 2.05) is 0 Å². The third-order valence-corrected chi connectivity index (χ3v) is 1.21. The van der Waals surface area contributed by atoms with Gasteiger partial charge in [-0.2, -0.15) is 0 Å². The molecule has 0 rings (SSSR count). The molecule has 1 atom stereocenters. The SMILES string of the molecule is C[C@@H](O)CC/C=C/CC(=O)O. The number of allylic oxidation sites excluding steroid dienone is 1. The zero-order valence-corrected chi connectivity index (χ0v) is 6.66. The van der Waals surface area contributed by atoms with Gasteiger partial charge in [0, 0.05) is 0 Å². The molecular weight excluding hydrogens is 144 g/mol. The molecule has 0 aromatic heterocycles. The molecule has 0 saturated carbocycles. The first-order chi connectivity index (χ1) is 5.13. The van der Waals surface area contributed by atoms with E-state index < -0.39 is 5.97 Å². The fraction of sp³-hybridized carbons (Fsp3) is 0.625. The molecule has 0 aromatic carbocycles. The Bertz CT molecular complexity index is 138. The largest absolute Gasteiger partial charge is 0.481 e. The molecule has 0 saturated heterocycles. The lowest BCUT2D eigenvalue weighted by Gasteiger charge is -1.97. The molecule has 3 heteroatoms. The van der Waals surface area contributed by atoms with Crippen molar-refractivity contribution < 1.29 is 15.0 Å². The van der Waals surface area contributed by atoms with Crippen LogP contribution in [0.4, 0.5) is 0 Å². The second kappa shape index (κ2) is 5.92. The minimum Gasteiger partial charge on any atom is -0.481 e. The van der Waals surface area contributed by atoms with Crippen molar-refractivity contribution in [2.45, 2.75) is 32.3 Å². The van der Waals surface area contributed by atoms with Crippen molar-refractivity contribution in [3.05, 3.63) is 12.2 Å². The normalized spacial score (nSPS) is 13.6. The van der Waals surface area contributed by atoms with E-state index in [9.17, 15) is 4.79 Å². The number of carbonyl (C=O) groups is 1. The highest BCUT2D eigenvalue weighted by molar-refractivity contribution is 5.68. The minimum atomic E-state index is -0.821. The highest BCUT2D eigenvalue weighted by atomic mass is 16.4. The summed E-state index contributed by atoms with van der Waals surface area (Å²) < 4.78 is 0. The number of carboxylic acid groups (broad SMARTS) is 1. The summed E-state index contributed by atoms with van der Waals surface area (Å²) in [4.78, 5) is 10.00. The highest BCUT2D eigenvalue weighted by Crippen LogP contribution is 1.97. The zero-order chi connectivity index (χ0) is 8.69. The van der Waals surface area contributed by atoms with E-state index in [4.69, 9.17) is 10.2 Å². The summed E-state index contributed by atoms with van der Waals surface area (Å²) >= 11 is 0. The maximum atomic E-state index is 10.00. The van der Waals surface area contributed by atoms with Crippen LogP contribution in [0.3, 0.4) is 0 Å². The number of aliphatic hydroxyl groups excluding tert-OH is 1. The molecule has 0 unspecified atom stereocenters. The van der Waals surface area contributed by atoms with Gasteiger partial charge in [0.15, 0.2) is 0 Å². The third-order valence-electron chi connectivity index (χ3n) is 1.21. The fourth-order valence-electron chi connectivity index (χ4n) is 0.639. The molecular formula is C8H14O3. The van der Waals surface area contributed by atoms with Crippen LogP contribution in [-0.2, 0) is 4.79 Å². The minimum absolute atomic E-state index is 0.0693. The lowest BCUT2D eigenvalue weighted by atomic mass is 10.2. The maximum absolute atomic E-state index is 10.00. The molecule has 0 spiro atoms. The number of aliphatic carboxylic acids is 1. The van der Waals surface area contributed by atoms with E-state index in [0.29, 0.717) is 6.42 Å². The van der Waals surface area contributed by atoms with Gasteiger partial charge in [-0.15, -0.1) is 0 Å². The number of carboxylic acids is 1. The molecule has 0 aliphatic rings. The molecule has 0 aliphatic carbocycles. The van der Waals surface area contributed by atoms with Gasteiger partial charge < -0.3 is 10.2 Å². The summed E-state index contributed by atoms with van der Waals surface area (Å²) in [6.45, 7) is 1.71. The first-order valence-corrected chi connectivity index (χ1v) is 3.67. The second-order valence-electron chi connectivity index (χ2n) is 2.50. The van der Waals surface area contributed by atoms with Crippen LogP contribution < -0.4 is 0 Å². The quantitative estimate of drug-likeness (QED) is 0.590. The Balaban J connectivity index is 3.23. The van der Waals surface area contributed by atoms with Crippen LogP contribution >= 0.6 is 0 Å². The number of hydrogen-bond acceptors (Lipinski definition) is 2. The summed E-state index contributed by atoms with van der Waals surface area (Å²) in [6, 6.07) is 0. The van der Waals surface area contributed by atoms with Gasteiger partial charge >= 0.3 is 5.97 Å². The summed E-state index contributed by atoms with van der Waals surface area (Å²) in [5.41, 5.74) is 0. The van der Waals surface area contributed by atoms with E-state index in [1.165, 1.54) is 0 Å². The molecule has 0 heterocycles. The smallest absolute Gasteiger partial charge is 0.307 e. The van der Waals surface area contributed by atoms with E-state index in [0.717, 1.165) is 6.42 Å². The Morgan fingerprint density at radius 2 is 2.18 bits per heavy atom. The van der Waals surface area contributed by atoms with Gasteiger partial charge in [-0.25, -0.2) is 0 Å². The number of rotatable bonds is 5. The molecule has 11 heavy (non-hydrogen) atoms. The highest BCUT2D eigenvalue weighted by Gasteiger charge is 1.92. The zero-order valence-electron chi connectivity index (χ0n) is 6.66. The standard InChI is InChI=1S/C8H14O3/c1-7(9)5-3-2-4-6-8(10)11/h2,4,7,9H,3,5-6H2,1H3,(H,10,11)/b4-2+/t7-/m1/s1. The molecule has 0 radical (unpaired) electrons. The molecule has 0 aromatic rings. The van der Waals surface area contributed by atoms with Gasteiger partial charge in [0.1, 0.15) is 0 Å². The maximum Gasteiger partial charge on any atom is 0.307 e. The first-order valence-electron chi connectivity index (χ1n) is 3.67. The Morgan fingerprint density at radius 1 is 1.55 bits per heavy atom. The summed E-state index contributed by atoms with van der Waals surface area (Å²) in [5.74, 6) is -0.821. The molecule has 2 N–H and O–H groups in total. The van der Waals surface area contributed by atoms with Gasteiger partial charge in [-0.1, -0.05) is 12.2 Å². The number of hydrogen-bond donors (Lipinski definition) is 2. The third kappa shape index (κ3) is 9.17. The van der Waals surface area contributed by atoms with Gasteiger partial charge in [-0.3, -0.25) is 4.79 Å². The van der Waals surface area contributed by atoms with Crippen molar-refractivity contribution in [2.75, 3.05) is 0 Å². The molecule has 3 nitrogen and oxygen atoms in total. The molecule has 0 amide bonds. The monoisotopic (exact) mass is 158 g/mol. The Morgan fingerprint density at radius 3 is 2.64 bits per heavy atom. The Kier molecular flexibility index (Phi) is 5.47. The average molecular weight is 158 g/mol. The van der Waals surface area contributed by atoms with E-state index in [-0.39, 0.29) is 12.5 Å². The van der Waals surface area contributed by atoms with E-state index in [1.54, 1.807) is 19.1 Å². The summed E-state index contributed by atoms with van der Waals surface area (Å²) in [6.07, 6.45) is 4.58. The molecule has 0 aliphatic heterocycles. The molecule has 64 valence electrons. The number of aliphatic hydroxyl groups is 1. The Hall–Kier alpha value is -0.830. The molecule has 0 bridgehead atoms. The van der Waals surface area contributed by atoms with Crippen LogP contribution in [0.5, 0.6) is 0 Å². The van der Waals surface area contributed by atoms with Crippen molar-refractivity contribution in [1.82, 2.24) is 0 Å². The molecule has 0 fully saturated rings. The van der Waals surface area contributed by atoms with Crippen LogP contribution in [0.2, 0.25) is 0 Å². The lowest BCUT2D eigenvalue weighted by molar-refractivity contribution is -0.136. The first kappa shape index (κ1) is 10.2. The van der Waals surface area contributed by atoms with Crippen LogP contribution in [0.15, 0.2) is 12.2 Å². The van der Waals surface area contributed by atoms with Gasteiger partial charge in [0.2, 0.25) is 0 Å². The van der Waals surface area contributed by atoms with Crippen LogP contribution in [0.25, 0.3) is 0 Å². The van der Waals surface area contributed by atoms with Gasteiger partial charge in [0.05, 0.1) is 12.5 Å². The second-order valence-corrected chi connectivity index (χ2v) is 2.50. The van der Waals surface area contributed by atoms with Gasteiger partial charge in [0.25, 0.3) is 0 Å². The van der Waals surface area contributed by atoms with E-state index >= 15 is 0 Å². The van der Waals surface area contributed by atoms with Crippen molar-refractivity contribution in [3.8, 4) is 0 Å². The van der Waals surface area contributed by atoms with Crippen molar-refractivity contribution >= 4 is 5.97 Å². The summed E-state index contributed by atoms with van der Waals surface area (Å²) in [5, 5.41) is 17.0. The van der Waals surface area contributed by atoms with Crippen LogP contribution in [-0.4, -0.2) is 22.3 Å². The Labute approximate surface area is 66.4 Å². The van der Waals surface area contributed by atoms with Crippen LogP contribution in [0, 0.1) is 0 Å². The van der Waals surface area contributed by atoms with Crippen molar-refractivity contribution in [2.24, 2.45) is 0 Å². The topological polar surface area (TPSA) is 57.5 Å². The summed E-state index contributed by atoms with van der Waals surface area (Å²) in [7, 11) is 0. The van der Waals surface area contributed by atoms with Crippen molar-refractivity contribution in [3.63, 3.8) is 0 Å².